The molecule has 1 aromatic carbocycles. The molecule has 0 aliphatic carbocycles. The summed E-state index contributed by atoms with van der Waals surface area (Å²) in [4.78, 5) is 16.6. The number of piperazine rings is 1. The van der Waals surface area contributed by atoms with Crippen molar-refractivity contribution in [2.24, 2.45) is 0 Å². The lowest BCUT2D eigenvalue weighted by Crippen LogP contribution is -2.49. The van der Waals surface area contributed by atoms with Gasteiger partial charge in [0.2, 0.25) is 0 Å². The fourth-order valence-corrected chi connectivity index (χ4v) is 2.62. The normalized spacial score (nSPS) is 17.4. The molecule has 5 heteroatoms. The van der Waals surface area contributed by atoms with E-state index in [-0.39, 0.29) is 17.8 Å². The van der Waals surface area contributed by atoms with E-state index in [0.717, 1.165) is 32.2 Å². The van der Waals surface area contributed by atoms with Gasteiger partial charge in [-0.3, -0.25) is 9.69 Å². The van der Waals surface area contributed by atoms with Gasteiger partial charge in [-0.15, -0.1) is 0 Å². The molecule has 0 radical (unpaired) electrons. The van der Waals surface area contributed by atoms with Crippen molar-refractivity contribution in [1.82, 2.24) is 9.80 Å². The van der Waals surface area contributed by atoms with E-state index in [1.165, 1.54) is 12.1 Å². The van der Waals surface area contributed by atoms with Gasteiger partial charge in [0.1, 0.15) is 0 Å². The Morgan fingerprint density at radius 1 is 1.19 bits per heavy atom. The fourth-order valence-electron chi connectivity index (χ4n) is 2.62. The molecule has 1 aliphatic heterocycles. The van der Waals surface area contributed by atoms with Gasteiger partial charge in [-0.05, 0) is 26.0 Å². The number of benzene rings is 1. The average Bonchev–Trinajstić information content (AvgIpc) is 2.48. The molecule has 0 N–H and O–H groups in total. The van der Waals surface area contributed by atoms with Crippen LogP contribution in [0.3, 0.4) is 0 Å². The van der Waals surface area contributed by atoms with Crippen LogP contribution >= 0.6 is 0 Å². The highest BCUT2D eigenvalue weighted by molar-refractivity contribution is 5.96. The summed E-state index contributed by atoms with van der Waals surface area (Å²) in [5.41, 5.74) is -0.143. The maximum atomic E-state index is 13.5. The minimum atomic E-state index is -1.04. The van der Waals surface area contributed by atoms with E-state index in [1.807, 2.05) is 0 Å². The number of hydrogen-bond donors (Lipinski definition) is 0. The van der Waals surface area contributed by atoms with Crippen LogP contribution in [0.25, 0.3) is 0 Å². The second-order valence-corrected chi connectivity index (χ2v) is 5.75. The Morgan fingerprint density at radius 2 is 1.86 bits per heavy atom. The van der Waals surface area contributed by atoms with Gasteiger partial charge in [0.05, 0.1) is 5.56 Å². The Hall–Kier alpha value is -1.33. The van der Waals surface area contributed by atoms with Crippen LogP contribution in [0.1, 0.15) is 30.6 Å². The molecule has 0 amide bonds. The Balaban J connectivity index is 1.84. The van der Waals surface area contributed by atoms with Crippen LogP contribution < -0.4 is 0 Å². The molecule has 1 aliphatic rings. The van der Waals surface area contributed by atoms with Gasteiger partial charge in [-0.1, -0.05) is 6.07 Å². The lowest BCUT2D eigenvalue weighted by molar-refractivity contribution is 0.0886. The van der Waals surface area contributed by atoms with Crippen LogP contribution in [0.4, 0.5) is 8.78 Å². The maximum Gasteiger partial charge on any atom is 0.169 e. The molecule has 1 saturated heterocycles. The van der Waals surface area contributed by atoms with Crippen LogP contribution in [-0.4, -0.2) is 54.3 Å². The van der Waals surface area contributed by atoms with Gasteiger partial charge in [0.15, 0.2) is 17.4 Å². The van der Waals surface area contributed by atoms with Crippen molar-refractivity contribution in [3.8, 4) is 0 Å². The number of ketones is 1. The van der Waals surface area contributed by atoms with Crippen molar-refractivity contribution >= 4 is 5.78 Å². The number of Topliss-reactive ketones (excluding diaryl/α,β-unsaturated/α-hetero) is 1. The molecule has 0 spiro atoms. The van der Waals surface area contributed by atoms with Crippen molar-refractivity contribution in [3.05, 3.63) is 35.4 Å². The zero-order valence-corrected chi connectivity index (χ0v) is 12.6. The lowest BCUT2D eigenvalue weighted by Gasteiger charge is -2.36. The molecule has 0 atom stereocenters. The van der Waals surface area contributed by atoms with Gasteiger partial charge >= 0.3 is 0 Å². The van der Waals surface area contributed by atoms with E-state index in [0.29, 0.717) is 12.6 Å². The second kappa shape index (κ2) is 7.09. The first-order valence-corrected chi connectivity index (χ1v) is 7.42. The van der Waals surface area contributed by atoms with Crippen molar-refractivity contribution < 1.29 is 13.6 Å². The zero-order chi connectivity index (χ0) is 15.4. The van der Waals surface area contributed by atoms with E-state index in [2.05, 4.69) is 23.6 Å². The maximum absolute atomic E-state index is 13.5. The largest absolute Gasteiger partial charge is 0.300 e. The quantitative estimate of drug-likeness (QED) is 0.780. The van der Waals surface area contributed by atoms with Gasteiger partial charge in [-0.2, -0.15) is 0 Å². The SMILES string of the molecule is CC(C)N1CCN(CCC(=O)c2cccc(F)c2F)CC1. The van der Waals surface area contributed by atoms with Gasteiger partial charge in [-0.25, -0.2) is 8.78 Å². The Labute approximate surface area is 124 Å². The molecule has 1 heterocycles. The van der Waals surface area contributed by atoms with Crippen LogP contribution in [0, 0.1) is 11.6 Å². The molecule has 3 nitrogen and oxygen atoms in total. The topological polar surface area (TPSA) is 23.6 Å². The molecule has 0 unspecified atom stereocenters. The third-order valence-corrected chi connectivity index (χ3v) is 4.04. The van der Waals surface area contributed by atoms with E-state index >= 15 is 0 Å². The number of nitrogens with zero attached hydrogens (tertiary/aromatic N) is 2. The Morgan fingerprint density at radius 3 is 2.48 bits per heavy atom. The summed E-state index contributed by atoms with van der Waals surface area (Å²) in [7, 11) is 0. The third kappa shape index (κ3) is 4.08. The molecular weight excluding hydrogens is 274 g/mol. The van der Waals surface area contributed by atoms with Crippen LogP contribution in [0.2, 0.25) is 0 Å². The van der Waals surface area contributed by atoms with Crippen LogP contribution in [0.15, 0.2) is 18.2 Å². The van der Waals surface area contributed by atoms with Crippen LogP contribution in [-0.2, 0) is 0 Å². The number of carbonyl (C=O) groups is 1. The lowest BCUT2D eigenvalue weighted by atomic mass is 10.1. The summed E-state index contributed by atoms with van der Waals surface area (Å²) in [6.07, 6.45) is 0.224. The predicted octanol–water partition coefficient (Wildman–Crippen LogP) is 2.56. The van der Waals surface area contributed by atoms with Crippen molar-refractivity contribution in [2.75, 3.05) is 32.7 Å². The minimum absolute atomic E-state index is 0.143. The highest BCUT2D eigenvalue weighted by Crippen LogP contribution is 2.14. The number of carbonyl (C=O) groups excluding carboxylic acids is 1. The summed E-state index contributed by atoms with van der Waals surface area (Å²) in [5.74, 6) is -2.34. The predicted molar refractivity (Wildman–Crippen MR) is 78.5 cm³/mol. The van der Waals surface area contributed by atoms with E-state index in [9.17, 15) is 13.6 Å². The molecular formula is C16H22F2N2O. The van der Waals surface area contributed by atoms with Crippen molar-refractivity contribution in [1.29, 1.82) is 0 Å². The highest BCUT2D eigenvalue weighted by atomic mass is 19.2. The molecule has 0 saturated carbocycles. The van der Waals surface area contributed by atoms with Crippen molar-refractivity contribution in [3.63, 3.8) is 0 Å². The fraction of sp³-hybridized carbons (Fsp3) is 0.562. The van der Waals surface area contributed by atoms with Gasteiger partial charge in [0, 0.05) is 45.2 Å². The average molecular weight is 296 g/mol. The third-order valence-electron chi connectivity index (χ3n) is 4.04. The number of halogens is 2. The monoisotopic (exact) mass is 296 g/mol. The van der Waals surface area contributed by atoms with E-state index in [4.69, 9.17) is 0 Å². The number of hydrogen-bond acceptors (Lipinski definition) is 3. The molecule has 0 bridgehead atoms. The minimum Gasteiger partial charge on any atom is -0.300 e. The summed E-state index contributed by atoms with van der Waals surface area (Å²) in [6, 6.07) is 4.28. The summed E-state index contributed by atoms with van der Waals surface area (Å²) in [6.45, 7) is 8.74. The first kappa shape index (κ1) is 16.0. The van der Waals surface area contributed by atoms with Crippen molar-refractivity contribution in [2.45, 2.75) is 26.3 Å². The molecule has 1 aromatic rings. The molecule has 21 heavy (non-hydrogen) atoms. The summed E-state index contributed by atoms with van der Waals surface area (Å²) < 4.78 is 26.7. The zero-order valence-electron chi connectivity index (χ0n) is 12.6. The van der Waals surface area contributed by atoms with Gasteiger partial charge in [0.25, 0.3) is 0 Å². The van der Waals surface area contributed by atoms with E-state index in [1.54, 1.807) is 0 Å². The van der Waals surface area contributed by atoms with Crippen LogP contribution in [0.5, 0.6) is 0 Å². The standard InChI is InChI=1S/C16H22F2N2O/c1-12(2)20-10-8-19(9-11-20)7-6-15(21)13-4-3-5-14(17)16(13)18/h3-5,12H,6-11H2,1-2H3. The molecule has 116 valence electrons. The Kier molecular flexibility index (Phi) is 5.42. The van der Waals surface area contributed by atoms with Gasteiger partial charge < -0.3 is 4.90 Å². The molecule has 2 rings (SSSR count). The summed E-state index contributed by atoms with van der Waals surface area (Å²) in [5, 5.41) is 0. The first-order valence-electron chi connectivity index (χ1n) is 7.42. The first-order chi connectivity index (χ1) is 9.99. The number of rotatable bonds is 5. The molecule has 1 fully saturated rings. The summed E-state index contributed by atoms with van der Waals surface area (Å²) >= 11 is 0. The second-order valence-electron chi connectivity index (χ2n) is 5.75. The Bertz CT molecular complexity index is 497. The van der Waals surface area contributed by atoms with E-state index < -0.39 is 11.6 Å². The molecule has 0 aromatic heterocycles. The smallest absolute Gasteiger partial charge is 0.169 e. The highest BCUT2D eigenvalue weighted by Gasteiger charge is 2.20.